The highest BCUT2D eigenvalue weighted by molar-refractivity contribution is 6.31. The summed E-state index contributed by atoms with van der Waals surface area (Å²) in [5.41, 5.74) is 7.92. The van der Waals surface area contributed by atoms with Crippen LogP contribution in [0.25, 0.3) is 5.52 Å². The van der Waals surface area contributed by atoms with E-state index in [4.69, 9.17) is 27.1 Å². The quantitative estimate of drug-likeness (QED) is 0.435. The van der Waals surface area contributed by atoms with E-state index in [1.165, 1.54) is 6.07 Å². The van der Waals surface area contributed by atoms with Gasteiger partial charge in [0.2, 0.25) is 0 Å². The molecular formula is C26H33ClFN5O2. The smallest absolute Gasteiger partial charge is 0.258 e. The summed E-state index contributed by atoms with van der Waals surface area (Å²) in [6, 6.07) is 1.45. The lowest BCUT2D eigenvalue weighted by atomic mass is 9.94. The maximum absolute atomic E-state index is 15.4. The molecule has 1 aliphatic rings. The lowest BCUT2D eigenvalue weighted by Gasteiger charge is -2.25. The molecule has 35 heavy (non-hydrogen) atoms. The highest BCUT2D eigenvalue weighted by atomic mass is 35.5. The Balaban J connectivity index is 1.82. The molecule has 1 amide bonds. The summed E-state index contributed by atoms with van der Waals surface area (Å²) in [6.07, 6.45) is 7.51. The highest BCUT2D eigenvalue weighted by Crippen LogP contribution is 2.40. The van der Waals surface area contributed by atoms with Crippen LogP contribution in [0.5, 0.6) is 5.75 Å². The van der Waals surface area contributed by atoms with E-state index in [1.807, 2.05) is 39.0 Å². The summed E-state index contributed by atoms with van der Waals surface area (Å²) >= 11 is 6.35. The third kappa shape index (κ3) is 4.81. The number of nitrogens with two attached hydrogens (primary N) is 1. The molecule has 9 heteroatoms. The summed E-state index contributed by atoms with van der Waals surface area (Å²) in [7, 11) is 0. The predicted octanol–water partition coefficient (Wildman–Crippen LogP) is 5.66. The number of carbonyl (C=O) groups is 1. The first-order valence-electron chi connectivity index (χ1n) is 12.2. The van der Waals surface area contributed by atoms with Gasteiger partial charge in [0.15, 0.2) is 5.82 Å². The van der Waals surface area contributed by atoms with Crippen LogP contribution in [0.3, 0.4) is 0 Å². The molecule has 4 rings (SSSR count). The molecule has 2 heterocycles. The number of hydrogen-bond donors (Lipinski definition) is 2. The zero-order chi connectivity index (χ0) is 25.4. The number of halogens is 2. The van der Waals surface area contributed by atoms with Crippen LogP contribution in [0.4, 0.5) is 10.2 Å². The van der Waals surface area contributed by atoms with Gasteiger partial charge in [0.25, 0.3) is 5.91 Å². The Morgan fingerprint density at radius 2 is 1.97 bits per heavy atom. The van der Waals surface area contributed by atoms with Crippen molar-refractivity contribution in [2.45, 2.75) is 78.4 Å². The maximum atomic E-state index is 15.4. The van der Waals surface area contributed by atoms with E-state index in [-0.39, 0.29) is 34.4 Å². The first-order chi connectivity index (χ1) is 16.6. The Labute approximate surface area is 210 Å². The molecule has 1 saturated carbocycles. The molecule has 0 radical (unpaired) electrons. The van der Waals surface area contributed by atoms with E-state index in [0.29, 0.717) is 28.6 Å². The second kappa shape index (κ2) is 10.0. The minimum Gasteiger partial charge on any atom is -0.490 e. The van der Waals surface area contributed by atoms with Crippen LogP contribution in [0, 0.1) is 18.7 Å². The number of hydrogen-bond acceptors (Lipinski definition) is 5. The van der Waals surface area contributed by atoms with Gasteiger partial charge in [-0.2, -0.15) is 0 Å². The number of rotatable bonds is 7. The Bertz CT molecular complexity index is 1250. The number of aryl methyl sites for hydroxylation is 1. The predicted molar refractivity (Wildman–Crippen MR) is 136 cm³/mol. The molecular weight excluding hydrogens is 469 g/mol. The van der Waals surface area contributed by atoms with Crippen molar-refractivity contribution in [3.8, 4) is 5.75 Å². The number of nitrogens with zero attached hydrogens (tertiary/aromatic N) is 3. The summed E-state index contributed by atoms with van der Waals surface area (Å²) in [5.74, 6) is -0.0997. The fraction of sp³-hybridized carbons (Fsp3) is 0.500. The number of carbonyl (C=O) groups excluding carboxylic acids is 1. The van der Waals surface area contributed by atoms with Gasteiger partial charge in [0, 0.05) is 29.9 Å². The molecule has 1 fully saturated rings. The average Bonchev–Trinajstić information content (AvgIpc) is 3.44. The molecule has 1 aliphatic carbocycles. The molecule has 2 unspecified atom stereocenters. The number of amides is 1. The van der Waals surface area contributed by atoms with Gasteiger partial charge >= 0.3 is 0 Å². The highest BCUT2D eigenvalue weighted by Gasteiger charge is 2.31. The number of nitrogen functional groups attached to an aromatic ring is 1. The molecule has 188 valence electrons. The molecule has 0 bridgehead atoms. The molecule has 0 aliphatic heterocycles. The van der Waals surface area contributed by atoms with Gasteiger partial charge in [-0.15, -0.1) is 0 Å². The van der Waals surface area contributed by atoms with Gasteiger partial charge < -0.3 is 15.8 Å². The average molecular weight is 502 g/mol. The lowest BCUT2D eigenvalue weighted by Crippen LogP contribution is -2.38. The summed E-state index contributed by atoms with van der Waals surface area (Å²) in [5, 5.41) is 2.87. The van der Waals surface area contributed by atoms with E-state index in [2.05, 4.69) is 10.3 Å². The monoisotopic (exact) mass is 501 g/mol. The second-order valence-electron chi connectivity index (χ2n) is 9.75. The number of ether oxygens (including phenoxy) is 1. The molecule has 7 nitrogen and oxygen atoms in total. The van der Waals surface area contributed by atoms with Crippen LogP contribution in [0.1, 0.15) is 86.7 Å². The topological polar surface area (TPSA) is 94.5 Å². The summed E-state index contributed by atoms with van der Waals surface area (Å²) in [4.78, 5) is 22.3. The standard InChI is InChI=1S/C26H33ClFN5O2/c1-13(2)35-23-18(14(3)25-31-16(5)22-24(29)30-10-11-33(22)25)12-19(27)21(28)20(23)26(34)32-15(4)17-8-6-7-9-17/h10-15,17H,6-9H2,1-5H3,(H2,29,30)(H,32,34). The maximum Gasteiger partial charge on any atom is 0.258 e. The third-order valence-electron chi connectivity index (χ3n) is 6.89. The minimum absolute atomic E-state index is 0.0782. The molecule has 0 spiro atoms. The van der Waals surface area contributed by atoms with Gasteiger partial charge in [-0.1, -0.05) is 31.4 Å². The van der Waals surface area contributed by atoms with Crippen molar-refractivity contribution in [3.05, 3.63) is 51.9 Å². The van der Waals surface area contributed by atoms with Crippen molar-refractivity contribution >= 4 is 28.8 Å². The lowest BCUT2D eigenvalue weighted by molar-refractivity contribution is 0.0916. The van der Waals surface area contributed by atoms with Crippen molar-refractivity contribution in [1.82, 2.24) is 19.7 Å². The van der Waals surface area contributed by atoms with E-state index in [1.54, 1.807) is 12.4 Å². The molecule has 2 aromatic heterocycles. The van der Waals surface area contributed by atoms with Crippen molar-refractivity contribution in [3.63, 3.8) is 0 Å². The summed E-state index contributed by atoms with van der Waals surface area (Å²) < 4.78 is 23.4. The van der Waals surface area contributed by atoms with E-state index < -0.39 is 11.7 Å². The van der Waals surface area contributed by atoms with Gasteiger partial charge in [-0.05, 0) is 52.5 Å². The Morgan fingerprint density at radius 1 is 1.29 bits per heavy atom. The first-order valence-corrected chi connectivity index (χ1v) is 12.6. The van der Waals surface area contributed by atoms with Crippen LogP contribution >= 0.6 is 11.6 Å². The SMILES string of the molecule is Cc1nc(C(C)c2cc(Cl)c(F)c(C(=O)NC(C)C3CCCC3)c2OC(C)C)n2ccnc(N)c12. The van der Waals surface area contributed by atoms with Crippen molar-refractivity contribution in [2.75, 3.05) is 5.73 Å². The number of fused-ring (bicyclic) bond motifs is 1. The molecule has 2 atom stereocenters. The van der Waals surface area contributed by atoms with E-state index >= 15 is 4.39 Å². The molecule has 3 N–H and O–H groups in total. The molecule has 1 aromatic carbocycles. The Morgan fingerprint density at radius 3 is 2.63 bits per heavy atom. The fourth-order valence-electron chi connectivity index (χ4n) is 5.08. The first kappa shape index (κ1) is 25.2. The van der Waals surface area contributed by atoms with Crippen LogP contribution in [0.2, 0.25) is 5.02 Å². The van der Waals surface area contributed by atoms with Crippen LogP contribution in [-0.4, -0.2) is 32.4 Å². The van der Waals surface area contributed by atoms with Gasteiger partial charge in [-0.3, -0.25) is 9.20 Å². The number of nitrogens with one attached hydrogen (secondary N) is 1. The van der Waals surface area contributed by atoms with Crippen LogP contribution in [-0.2, 0) is 0 Å². The summed E-state index contributed by atoms with van der Waals surface area (Å²) in [6.45, 7) is 9.43. The zero-order valence-corrected chi connectivity index (χ0v) is 21.6. The normalized spacial score (nSPS) is 16.1. The number of imidazole rings is 1. The van der Waals surface area contributed by atoms with Crippen LogP contribution < -0.4 is 15.8 Å². The zero-order valence-electron chi connectivity index (χ0n) is 20.9. The third-order valence-corrected chi connectivity index (χ3v) is 7.16. The number of benzene rings is 1. The van der Waals surface area contributed by atoms with Gasteiger partial charge in [-0.25, -0.2) is 14.4 Å². The fourth-order valence-corrected chi connectivity index (χ4v) is 5.30. The van der Waals surface area contributed by atoms with Gasteiger partial charge in [0.1, 0.15) is 28.5 Å². The molecule has 0 saturated heterocycles. The largest absolute Gasteiger partial charge is 0.490 e. The number of anilines is 1. The molecule has 3 aromatic rings. The van der Waals surface area contributed by atoms with E-state index in [0.717, 1.165) is 31.4 Å². The van der Waals surface area contributed by atoms with Crippen LogP contribution in [0.15, 0.2) is 18.5 Å². The Hall–Kier alpha value is -2.87. The van der Waals surface area contributed by atoms with E-state index in [9.17, 15) is 4.79 Å². The van der Waals surface area contributed by atoms with Gasteiger partial charge in [0.05, 0.1) is 16.8 Å². The second-order valence-corrected chi connectivity index (χ2v) is 10.2. The minimum atomic E-state index is -0.785. The van der Waals surface area contributed by atoms with Crippen molar-refractivity contribution in [2.24, 2.45) is 5.92 Å². The van der Waals surface area contributed by atoms with Crippen molar-refractivity contribution in [1.29, 1.82) is 0 Å². The number of aromatic nitrogens is 3. The van der Waals surface area contributed by atoms with Crippen molar-refractivity contribution < 1.29 is 13.9 Å². The Kier molecular flexibility index (Phi) is 7.22.